The highest BCUT2D eigenvalue weighted by Crippen LogP contribution is 2.27. The van der Waals surface area contributed by atoms with E-state index >= 15 is 0 Å². The standard InChI is InChI=1S/C15H25NOSi/c1-7-8-15(17-18(4,5)6)13-9-11-14(12-10-13)16(2)3/h7,9-12,15H,1,8H2,2-6H3. The fourth-order valence-corrected chi connectivity index (χ4v) is 2.90. The topological polar surface area (TPSA) is 12.5 Å². The molecule has 0 aromatic heterocycles. The van der Waals surface area contributed by atoms with Gasteiger partial charge in [0.05, 0.1) is 6.10 Å². The molecule has 0 radical (unpaired) electrons. The predicted octanol–water partition coefficient (Wildman–Crippen LogP) is 4.22. The third-order valence-electron chi connectivity index (χ3n) is 2.66. The molecule has 18 heavy (non-hydrogen) atoms. The molecule has 1 unspecified atom stereocenters. The van der Waals surface area contributed by atoms with Gasteiger partial charge in [0.25, 0.3) is 0 Å². The molecule has 0 heterocycles. The molecule has 1 rings (SSSR count). The second-order valence-electron chi connectivity index (χ2n) is 5.73. The zero-order valence-electron chi connectivity index (χ0n) is 12.2. The van der Waals surface area contributed by atoms with Crippen molar-refractivity contribution in [3.05, 3.63) is 42.5 Å². The van der Waals surface area contributed by atoms with Gasteiger partial charge in [0.15, 0.2) is 8.32 Å². The minimum Gasteiger partial charge on any atom is -0.410 e. The van der Waals surface area contributed by atoms with Gasteiger partial charge in [-0.3, -0.25) is 0 Å². The number of nitrogens with zero attached hydrogens (tertiary/aromatic N) is 1. The van der Waals surface area contributed by atoms with Gasteiger partial charge in [-0.2, -0.15) is 0 Å². The molecule has 0 bridgehead atoms. The van der Waals surface area contributed by atoms with Crippen molar-refractivity contribution in [2.75, 3.05) is 19.0 Å². The van der Waals surface area contributed by atoms with Gasteiger partial charge in [-0.1, -0.05) is 18.2 Å². The maximum atomic E-state index is 6.22. The summed E-state index contributed by atoms with van der Waals surface area (Å²) >= 11 is 0. The molecule has 0 aliphatic rings. The Morgan fingerprint density at radius 3 is 2.17 bits per heavy atom. The molecule has 1 aromatic carbocycles. The highest BCUT2D eigenvalue weighted by molar-refractivity contribution is 6.69. The molecule has 0 spiro atoms. The van der Waals surface area contributed by atoms with Crippen molar-refractivity contribution >= 4 is 14.0 Å². The van der Waals surface area contributed by atoms with Crippen LogP contribution in [0.5, 0.6) is 0 Å². The van der Waals surface area contributed by atoms with Gasteiger partial charge in [0, 0.05) is 19.8 Å². The van der Waals surface area contributed by atoms with Crippen LogP contribution in [0, 0.1) is 0 Å². The molecule has 0 N–H and O–H groups in total. The van der Waals surface area contributed by atoms with Crippen molar-refractivity contribution in [2.45, 2.75) is 32.2 Å². The molecule has 0 saturated carbocycles. The Morgan fingerprint density at radius 2 is 1.78 bits per heavy atom. The quantitative estimate of drug-likeness (QED) is 0.563. The number of hydrogen-bond donors (Lipinski definition) is 0. The maximum Gasteiger partial charge on any atom is 0.184 e. The average Bonchev–Trinajstić information content (AvgIpc) is 2.27. The Balaban J connectivity index is 2.88. The normalized spacial score (nSPS) is 13.2. The number of hydrogen-bond acceptors (Lipinski definition) is 2. The van der Waals surface area contributed by atoms with E-state index in [1.54, 1.807) is 0 Å². The molecule has 0 fully saturated rings. The molecular weight excluding hydrogens is 238 g/mol. The van der Waals surface area contributed by atoms with Crippen LogP contribution in [0.1, 0.15) is 18.1 Å². The van der Waals surface area contributed by atoms with Crippen LogP contribution >= 0.6 is 0 Å². The van der Waals surface area contributed by atoms with E-state index in [1.165, 1.54) is 11.3 Å². The lowest BCUT2D eigenvalue weighted by Gasteiger charge is -2.26. The molecule has 1 atom stereocenters. The summed E-state index contributed by atoms with van der Waals surface area (Å²) in [7, 11) is 2.57. The van der Waals surface area contributed by atoms with E-state index in [9.17, 15) is 0 Å². The minimum absolute atomic E-state index is 0.144. The van der Waals surface area contributed by atoms with Gasteiger partial charge in [-0.15, -0.1) is 6.58 Å². The summed E-state index contributed by atoms with van der Waals surface area (Å²) < 4.78 is 6.22. The fraction of sp³-hybridized carbons (Fsp3) is 0.467. The lowest BCUT2D eigenvalue weighted by molar-refractivity contribution is 0.201. The van der Waals surface area contributed by atoms with Gasteiger partial charge in [-0.25, -0.2) is 0 Å². The SMILES string of the molecule is C=CCC(O[Si](C)(C)C)c1ccc(N(C)C)cc1. The molecule has 0 saturated heterocycles. The van der Waals surface area contributed by atoms with E-state index in [0.29, 0.717) is 0 Å². The van der Waals surface area contributed by atoms with Gasteiger partial charge >= 0.3 is 0 Å². The summed E-state index contributed by atoms with van der Waals surface area (Å²) in [6.45, 7) is 10.5. The molecule has 3 heteroatoms. The summed E-state index contributed by atoms with van der Waals surface area (Å²) in [6.07, 6.45) is 2.95. The third kappa shape index (κ3) is 4.67. The van der Waals surface area contributed by atoms with Gasteiger partial charge in [0.2, 0.25) is 0 Å². The molecule has 0 amide bonds. The maximum absolute atomic E-state index is 6.22. The van der Waals surface area contributed by atoms with Crippen LogP contribution in [0.25, 0.3) is 0 Å². The lowest BCUT2D eigenvalue weighted by atomic mass is 10.1. The summed E-state index contributed by atoms with van der Waals surface area (Å²) in [5.74, 6) is 0. The van der Waals surface area contributed by atoms with E-state index in [0.717, 1.165) is 6.42 Å². The zero-order valence-corrected chi connectivity index (χ0v) is 13.2. The summed E-state index contributed by atoms with van der Waals surface area (Å²) in [5, 5.41) is 0. The van der Waals surface area contributed by atoms with E-state index in [4.69, 9.17) is 4.43 Å². The van der Waals surface area contributed by atoms with Crippen LogP contribution < -0.4 is 4.90 Å². The van der Waals surface area contributed by atoms with Crippen LogP contribution in [-0.4, -0.2) is 22.4 Å². The number of rotatable bonds is 6. The Morgan fingerprint density at radius 1 is 1.22 bits per heavy atom. The van der Waals surface area contributed by atoms with E-state index in [2.05, 4.69) is 69.5 Å². The monoisotopic (exact) mass is 263 g/mol. The molecular formula is C15H25NOSi. The second-order valence-corrected chi connectivity index (χ2v) is 10.2. The van der Waals surface area contributed by atoms with Gasteiger partial charge in [0.1, 0.15) is 0 Å². The van der Waals surface area contributed by atoms with Crippen molar-refractivity contribution in [1.29, 1.82) is 0 Å². The summed E-state index contributed by atoms with van der Waals surface area (Å²) in [5.41, 5.74) is 2.45. The fourth-order valence-electron chi connectivity index (χ4n) is 1.82. The summed E-state index contributed by atoms with van der Waals surface area (Å²) in [6, 6.07) is 8.59. The minimum atomic E-state index is -1.53. The van der Waals surface area contributed by atoms with Crippen molar-refractivity contribution in [3.63, 3.8) is 0 Å². The third-order valence-corrected chi connectivity index (χ3v) is 3.65. The van der Waals surface area contributed by atoms with Crippen LogP contribution in [0.2, 0.25) is 19.6 Å². The average molecular weight is 263 g/mol. The Hall–Kier alpha value is -1.06. The van der Waals surface area contributed by atoms with Crippen molar-refractivity contribution < 1.29 is 4.43 Å². The molecule has 1 aromatic rings. The first-order valence-corrected chi connectivity index (χ1v) is 9.80. The van der Waals surface area contributed by atoms with Crippen LogP contribution in [0.3, 0.4) is 0 Å². The Bertz CT molecular complexity index is 378. The Labute approximate surface area is 112 Å². The van der Waals surface area contributed by atoms with Crippen LogP contribution in [0.15, 0.2) is 36.9 Å². The smallest absolute Gasteiger partial charge is 0.184 e. The summed E-state index contributed by atoms with van der Waals surface area (Å²) in [4.78, 5) is 2.10. The zero-order chi connectivity index (χ0) is 13.8. The molecule has 2 nitrogen and oxygen atoms in total. The first-order chi connectivity index (χ1) is 8.33. The predicted molar refractivity (Wildman–Crippen MR) is 82.8 cm³/mol. The van der Waals surface area contributed by atoms with Crippen LogP contribution in [0.4, 0.5) is 5.69 Å². The second kappa shape index (κ2) is 6.21. The molecule has 0 aliphatic heterocycles. The highest BCUT2D eigenvalue weighted by atomic mass is 28.4. The lowest BCUT2D eigenvalue weighted by Crippen LogP contribution is -2.27. The highest BCUT2D eigenvalue weighted by Gasteiger charge is 2.21. The first-order valence-electron chi connectivity index (χ1n) is 6.39. The van der Waals surface area contributed by atoms with E-state index in [-0.39, 0.29) is 6.10 Å². The first kappa shape index (κ1) is 15.0. The Kier molecular flexibility index (Phi) is 5.17. The number of anilines is 1. The molecule has 100 valence electrons. The van der Waals surface area contributed by atoms with Crippen molar-refractivity contribution in [2.24, 2.45) is 0 Å². The van der Waals surface area contributed by atoms with Crippen LogP contribution in [-0.2, 0) is 4.43 Å². The largest absolute Gasteiger partial charge is 0.410 e. The van der Waals surface area contributed by atoms with Gasteiger partial charge < -0.3 is 9.33 Å². The van der Waals surface area contributed by atoms with E-state index in [1.807, 2.05) is 6.08 Å². The van der Waals surface area contributed by atoms with Crippen molar-refractivity contribution in [1.82, 2.24) is 0 Å². The van der Waals surface area contributed by atoms with Gasteiger partial charge in [-0.05, 0) is 43.8 Å². The van der Waals surface area contributed by atoms with E-state index < -0.39 is 8.32 Å². The number of benzene rings is 1. The van der Waals surface area contributed by atoms with Crippen molar-refractivity contribution in [3.8, 4) is 0 Å². The molecule has 0 aliphatic carbocycles.